The number of pyridine rings is 1. The Morgan fingerprint density at radius 1 is 1.09 bits per heavy atom. The highest BCUT2D eigenvalue weighted by Gasteiger charge is 2.33. The first-order chi connectivity index (χ1) is 16.9. The van der Waals surface area contributed by atoms with E-state index in [4.69, 9.17) is 0 Å². The minimum Gasteiger partial charge on any atom is -0.373 e. The van der Waals surface area contributed by atoms with Gasteiger partial charge in [0.15, 0.2) is 0 Å². The Morgan fingerprint density at radius 3 is 2.54 bits per heavy atom. The molecule has 8 heteroatoms. The lowest BCUT2D eigenvalue weighted by Gasteiger charge is -2.40. The minimum absolute atomic E-state index is 0.0956. The zero-order chi connectivity index (χ0) is 24.8. The van der Waals surface area contributed by atoms with Gasteiger partial charge in [0.1, 0.15) is 18.0 Å². The van der Waals surface area contributed by atoms with Gasteiger partial charge < -0.3 is 20.9 Å². The van der Waals surface area contributed by atoms with Gasteiger partial charge in [0, 0.05) is 25.0 Å². The maximum Gasteiger partial charge on any atom is 0.259 e. The van der Waals surface area contributed by atoms with Crippen LogP contribution in [0.5, 0.6) is 0 Å². The van der Waals surface area contributed by atoms with E-state index in [1.54, 1.807) is 18.3 Å². The van der Waals surface area contributed by atoms with Crippen LogP contribution in [0.1, 0.15) is 48.3 Å². The van der Waals surface area contributed by atoms with Gasteiger partial charge in [0.25, 0.3) is 5.91 Å². The fourth-order valence-electron chi connectivity index (χ4n) is 4.68. The number of nitrogens with zero attached hydrogens (tertiary/aromatic N) is 4. The Bertz CT molecular complexity index is 1140. The largest absolute Gasteiger partial charge is 0.373 e. The monoisotopic (exact) mass is 473 g/mol. The molecule has 0 aliphatic carbocycles. The molecule has 2 aromatic heterocycles. The van der Waals surface area contributed by atoms with Gasteiger partial charge in [0.05, 0.1) is 17.8 Å². The minimum atomic E-state index is -0.207. The van der Waals surface area contributed by atoms with Gasteiger partial charge in [-0.2, -0.15) is 0 Å². The van der Waals surface area contributed by atoms with Crippen molar-refractivity contribution in [2.75, 3.05) is 43.1 Å². The molecule has 0 unspecified atom stereocenters. The topological polar surface area (TPSA) is 95.1 Å². The molecule has 3 heterocycles. The molecule has 0 saturated carbocycles. The molecule has 1 amide bonds. The fraction of sp³-hybridized carbons (Fsp3) is 0.407. The molecule has 8 nitrogen and oxygen atoms in total. The molecule has 1 aliphatic rings. The van der Waals surface area contributed by atoms with Crippen molar-refractivity contribution >= 4 is 23.2 Å². The SMILES string of the molecule is CNc1cc(CNc2ncccc2C(=O)Nc2ccc(C(C)(C)C3CCN(C)CC3)cc2)ncn1. The smallest absolute Gasteiger partial charge is 0.259 e. The number of carbonyl (C=O) groups is 1. The zero-order valence-electron chi connectivity index (χ0n) is 21.0. The molecule has 3 aromatic rings. The van der Waals surface area contributed by atoms with Crippen molar-refractivity contribution in [1.29, 1.82) is 0 Å². The molecular formula is C27H35N7O. The first-order valence-electron chi connectivity index (χ1n) is 12.1. The lowest BCUT2D eigenvalue weighted by molar-refractivity contribution is 0.102. The zero-order valence-corrected chi connectivity index (χ0v) is 21.0. The maximum atomic E-state index is 13.1. The molecule has 0 atom stereocenters. The molecule has 1 fully saturated rings. The van der Waals surface area contributed by atoms with Crippen LogP contribution in [0.25, 0.3) is 0 Å². The summed E-state index contributed by atoms with van der Waals surface area (Å²) in [5, 5.41) is 9.24. The molecule has 4 rings (SSSR count). The standard InChI is InChI=1S/C27H35N7O/c1-27(2,20-11-14-34(4)15-12-20)19-7-9-21(10-8-19)33-26(35)23-6-5-13-29-25(23)30-17-22-16-24(28-3)32-18-31-22/h5-10,13,16,18,20H,11-12,14-15,17H2,1-4H3,(H,29,30)(H,33,35)(H,28,31,32). The van der Waals surface area contributed by atoms with Crippen molar-refractivity contribution in [3.05, 3.63) is 71.8 Å². The number of amides is 1. The number of anilines is 3. The second-order valence-electron chi connectivity index (χ2n) is 9.73. The predicted molar refractivity (Wildman–Crippen MR) is 141 cm³/mol. The van der Waals surface area contributed by atoms with E-state index in [1.165, 1.54) is 24.7 Å². The van der Waals surface area contributed by atoms with E-state index in [-0.39, 0.29) is 11.3 Å². The number of hydrogen-bond acceptors (Lipinski definition) is 7. The second kappa shape index (κ2) is 10.8. The number of piperidine rings is 1. The van der Waals surface area contributed by atoms with Crippen LogP contribution in [0.4, 0.5) is 17.3 Å². The number of carbonyl (C=O) groups excluding carboxylic acids is 1. The first kappa shape index (κ1) is 24.6. The van der Waals surface area contributed by atoms with Crippen molar-refractivity contribution in [2.24, 2.45) is 5.92 Å². The molecule has 35 heavy (non-hydrogen) atoms. The van der Waals surface area contributed by atoms with E-state index in [2.05, 4.69) is 68.8 Å². The van der Waals surface area contributed by atoms with Crippen molar-refractivity contribution in [2.45, 2.75) is 38.6 Å². The van der Waals surface area contributed by atoms with Crippen LogP contribution in [0.2, 0.25) is 0 Å². The van der Waals surface area contributed by atoms with Crippen molar-refractivity contribution < 1.29 is 4.79 Å². The fourth-order valence-corrected chi connectivity index (χ4v) is 4.68. The normalized spacial score (nSPS) is 15.0. The quantitative estimate of drug-likeness (QED) is 0.446. The van der Waals surface area contributed by atoms with Crippen LogP contribution >= 0.6 is 0 Å². The Morgan fingerprint density at radius 2 is 1.83 bits per heavy atom. The summed E-state index contributed by atoms with van der Waals surface area (Å²) in [5.74, 6) is 1.69. The van der Waals surface area contributed by atoms with Gasteiger partial charge in [-0.1, -0.05) is 26.0 Å². The Hall–Kier alpha value is -3.52. The number of benzene rings is 1. The van der Waals surface area contributed by atoms with E-state index in [1.807, 2.05) is 25.2 Å². The van der Waals surface area contributed by atoms with Crippen LogP contribution in [-0.2, 0) is 12.0 Å². The average Bonchev–Trinajstić information content (AvgIpc) is 2.88. The summed E-state index contributed by atoms with van der Waals surface area (Å²) in [6.45, 7) is 7.40. The number of likely N-dealkylation sites (tertiary alicyclic amines) is 1. The summed E-state index contributed by atoms with van der Waals surface area (Å²) in [5.41, 5.74) is 3.44. The molecule has 184 valence electrons. The summed E-state index contributed by atoms with van der Waals surface area (Å²) in [6, 6.07) is 13.7. The lowest BCUT2D eigenvalue weighted by Crippen LogP contribution is -2.39. The maximum absolute atomic E-state index is 13.1. The summed E-state index contributed by atoms with van der Waals surface area (Å²) >= 11 is 0. The highest BCUT2D eigenvalue weighted by Crippen LogP contribution is 2.38. The third-order valence-electron chi connectivity index (χ3n) is 7.10. The van der Waals surface area contributed by atoms with E-state index < -0.39 is 0 Å². The first-order valence-corrected chi connectivity index (χ1v) is 12.1. The highest BCUT2D eigenvalue weighted by molar-refractivity contribution is 6.07. The van der Waals surface area contributed by atoms with Crippen molar-refractivity contribution in [1.82, 2.24) is 19.9 Å². The van der Waals surface area contributed by atoms with Gasteiger partial charge in [-0.25, -0.2) is 15.0 Å². The summed E-state index contributed by atoms with van der Waals surface area (Å²) in [6.07, 6.45) is 5.60. The Labute approximate surface area is 207 Å². The van der Waals surface area contributed by atoms with Gasteiger partial charge in [-0.05, 0) is 74.1 Å². The molecule has 1 aliphatic heterocycles. The molecule has 0 spiro atoms. The number of nitrogens with one attached hydrogen (secondary N) is 3. The van der Waals surface area contributed by atoms with Crippen LogP contribution in [0.3, 0.4) is 0 Å². The Kier molecular flexibility index (Phi) is 7.60. The number of rotatable bonds is 8. The van der Waals surface area contributed by atoms with Crippen LogP contribution in [-0.4, -0.2) is 52.9 Å². The predicted octanol–water partition coefficient (Wildman–Crippen LogP) is 4.40. The molecule has 3 N–H and O–H groups in total. The van der Waals surface area contributed by atoms with Crippen molar-refractivity contribution in [3.63, 3.8) is 0 Å². The summed E-state index contributed by atoms with van der Waals surface area (Å²) in [4.78, 5) is 28.2. The molecule has 0 radical (unpaired) electrons. The summed E-state index contributed by atoms with van der Waals surface area (Å²) < 4.78 is 0. The van der Waals surface area contributed by atoms with Crippen LogP contribution in [0.15, 0.2) is 55.0 Å². The van der Waals surface area contributed by atoms with Crippen LogP contribution < -0.4 is 16.0 Å². The van der Waals surface area contributed by atoms with Crippen molar-refractivity contribution in [3.8, 4) is 0 Å². The number of hydrogen-bond donors (Lipinski definition) is 3. The Balaban J connectivity index is 1.41. The lowest BCUT2D eigenvalue weighted by atomic mass is 9.69. The van der Waals surface area contributed by atoms with Crippen LogP contribution in [0, 0.1) is 5.92 Å². The van der Waals surface area contributed by atoms with E-state index in [0.29, 0.717) is 23.8 Å². The van der Waals surface area contributed by atoms with Gasteiger partial charge >= 0.3 is 0 Å². The third-order valence-corrected chi connectivity index (χ3v) is 7.10. The highest BCUT2D eigenvalue weighted by atomic mass is 16.1. The van der Waals surface area contributed by atoms with E-state index in [0.717, 1.165) is 30.3 Å². The second-order valence-corrected chi connectivity index (χ2v) is 9.73. The third kappa shape index (κ3) is 5.95. The molecule has 0 bridgehead atoms. The molecule has 1 aromatic carbocycles. The van der Waals surface area contributed by atoms with E-state index in [9.17, 15) is 4.79 Å². The van der Waals surface area contributed by atoms with Gasteiger partial charge in [0.2, 0.25) is 0 Å². The molecule has 1 saturated heterocycles. The van der Waals surface area contributed by atoms with E-state index >= 15 is 0 Å². The number of aromatic nitrogens is 3. The molecular weight excluding hydrogens is 438 g/mol. The van der Waals surface area contributed by atoms with Gasteiger partial charge in [-0.3, -0.25) is 4.79 Å². The van der Waals surface area contributed by atoms with Gasteiger partial charge in [-0.15, -0.1) is 0 Å². The average molecular weight is 474 g/mol. The summed E-state index contributed by atoms with van der Waals surface area (Å²) in [7, 11) is 4.00.